The standard InChI is InChI=1S/C26H28F6N2O2/c1-3-5-13-33(19-11-7-9-17(15-19)25(27,28)29)21-23(35)22(24(21)36)34(14-6-4-2)20-12-8-10-18(16-20)26(30,31)32/h7-12,15-16,21-22H,3-6,13-14H2,1-2H3. The molecule has 0 bridgehead atoms. The third-order valence-corrected chi connectivity index (χ3v) is 6.22. The summed E-state index contributed by atoms with van der Waals surface area (Å²) in [4.78, 5) is 29.4. The first-order valence-corrected chi connectivity index (χ1v) is 11.8. The quantitative estimate of drug-likeness (QED) is 0.267. The highest BCUT2D eigenvalue weighted by atomic mass is 19.4. The minimum Gasteiger partial charge on any atom is -0.355 e. The van der Waals surface area contributed by atoms with Gasteiger partial charge in [-0.3, -0.25) is 9.59 Å². The topological polar surface area (TPSA) is 40.6 Å². The van der Waals surface area contributed by atoms with Gasteiger partial charge in [0.05, 0.1) is 11.1 Å². The monoisotopic (exact) mass is 514 g/mol. The molecule has 2 aromatic carbocycles. The Bertz CT molecular complexity index is 985. The highest BCUT2D eigenvalue weighted by molar-refractivity contribution is 6.33. The second-order valence-corrected chi connectivity index (χ2v) is 8.80. The van der Waals surface area contributed by atoms with E-state index in [1.165, 1.54) is 34.1 Å². The van der Waals surface area contributed by atoms with Crippen molar-refractivity contribution in [3.63, 3.8) is 0 Å². The molecule has 36 heavy (non-hydrogen) atoms. The Morgan fingerprint density at radius 2 is 1.03 bits per heavy atom. The molecule has 10 heteroatoms. The fourth-order valence-corrected chi connectivity index (χ4v) is 4.29. The van der Waals surface area contributed by atoms with E-state index in [1.807, 2.05) is 13.8 Å². The zero-order valence-corrected chi connectivity index (χ0v) is 20.0. The predicted octanol–water partition coefficient (Wildman–Crippen LogP) is 6.53. The van der Waals surface area contributed by atoms with E-state index in [0.717, 1.165) is 24.3 Å². The van der Waals surface area contributed by atoms with Crippen molar-refractivity contribution in [2.45, 2.75) is 64.0 Å². The van der Waals surface area contributed by atoms with Crippen molar-refractivity contribution in [3.05, 3.63) is 59.7 Å². The van der Waals surface area contributed by atoms with E-state index in [4.69, 9.17) is 0 Å². The Hall–Kier alpha value is -3.04. The molecule has 1 saturated carbocycles. The molecule has 0 aliphatic heterocycles. The Kier molecular flexibility index (Phi) is 8.36. The molecular weight excluding hydrogens is 486 g/mol. The number of hydrogen-bond acceptors (Lipinski definition) is 4. The molecular formula is C26H28F6N2O2. The molecule has 0 amide bonds. The molecule has 3 rings (SSSR count). The molecule has 196 valence electrons. The molecule has 1 aliphatic rings. The number of carbonyl (C=O) groups is 2. The number of Topliss-reactive ketones (excluding diaryl/α,β-unsaturated/α-hetero) is 2. The number of unbranched alkanes of at least 4 members (excludes halogenated alkanes) is 2. The first-order chi connectivity index (χ1) is 16.9. The molecule has 1 aliphatic carbocycles. The van der Waals surface area contributed by atoms with Crippen LogP contribution in [0.4, 0.5) is 37.7 Å². The minimum atomic E-state index is -4.59. The number of nitrogens with zero attached hydrogens (tertiary/aromatic N) is 2. The number of alkyl halides is 6. The van der Waals surface area contributed by atoms with Crippen LogP contribution in [0.1, 0.15) is 50.7 Å². The molecule has 1 fully saturated rings. The molecule has 0 atom stereocenters. The average Bonchev–Trinajstić information content (AvgIpc) is 2.83. The third-order valence-electron chi connectivity index (χ3n) is 6.22. The van der Waals surface area contributed by atoms with E-state index < -0.39 is 47.1 Å². The van der Waals surface area contributed by atoms with Gasteiger partial charge in [-0.15, -0.1) is 0 Å². The van der Waals surface area contributed by atoms with Crippen molar-refractivity contribution < 1.29 is 35.9 Å². The fraction of sp³-hybridized carbons (Fsp3) is 0.462. The first-order valence-electron chi connectivity index (χ1n) is 11.8. The van der Waals surface area contributed by atoms with Crippen molar-refractivity contribution in [3.8, 4) is 0 Å². The molecule has 2 aromatic rings. The Balaban J connectivity index is 1.95. The van der Waals surface area contributed by atoms with Gasteiger partial charge in [-0.2, -0.15) is 26.3 Å². The lowest BCUT2D eigenvalue weighted by molar-refractivity contribution is -0.142. The summed E-state index contributed by atoms with van der Waals surface area (Å²) < 4.78 is 79.7. The van der Waals surface area contributed by atoms with Gasteiger partial charge in [0, 0.05) is 24.5 Å². The Labute approximate surface area is 205 Å². The van der Waals surface area contributed by atoms with Gasteiger partial charge in [0.2, 0.25) is 0 Å². The number of hydrogen-bond donors (Lipinski definition) is 0. The maximum absolute atomic E-state index is 13.3. The Morgan fingerprint density at radius 1 is 0.667 bits per heavy atom. The normalized spacial score (nSPS) is 18.2. The summed E-state index contributed by atoms with van der Waals surface area (Å²) in [7, 11) is 0. The van der Waals surface area contributed by atoms with Crippen LogP contribution >= 0.6 is 0 Å². The van der Waals surface area contributed by atoms with Crippen LogP contribution in [-0.4, -0.2) is 36.7 Å². The molecule has 0 radical (unpaired) electrons. The minimum absolute atomic E-state index is 0.0996. The van der Waals surface area contributed by atoms with E-state index >= 15 is 0 Å². The molecule has 0 N–H and O–H groups in total. The maximum atomic E-state index is 13.3. The van der Waals surface area contributed by atoms with Crippen LogP contribution in [0.5, 0.6) is 0 Å². The van der Waals surface area contributed by atoms with E-state index in [9.17, 15) is 35.9 Å². The van der Waals surface area contributed by atoms with Gasteiger partial charge in [-0.1, -0.05) is 38.8 Å². The second-order valence-electron chi connectivity index (χ2n) is 8.80. The number of ketones is 2. The van der Waals surface area contributed by atoms with Gasteiger partial charge in [0.25, 0.3) is 0 Å². The van der Waals surface area contributed by atoms with Crippen LogP contribution in [0.3, 0.4) is 0 Å². The van der Waals surface area contributed by atoms with Crippen LogP contribution < -0.4 is 9.80 Å². The van der Waals surface area contributed by atoms with Gasteiger partial charge in [-0.05, 0) is 49.2 Å². The summed E-state index contributed by atoms with van der Waals surface area (Å²) in [5.41, 5.74) is -1.60. The van der Waals surface area contributed by atoms with Crippen molar-refractivity contribution in [2.24, 2.45) is 0 Å². The van der Waals surface area contributed by atoms with Crippen LogP contribution in [-0.2, 0) is 21.9 Å². The van der Waals surface area contributed by atoms with E-state index in [2.05, 4.69) is 0 Å². The number of rotatable bonds is 10. The van der Waals surface area contributed by atoms with Crippen molar-refractivity contribution in [1.82, 2.24) is 0 Å². The smallest absolute Gasteiger partial charge is 0.355 e. The van der Waals surface area contributed by atoms with Crippen molar-refractivity contribution in [2.75, 3.05) is 22.9 Å². The molecule has 0 aromatic heterocycles. The summed E-state index contributed by atoms with van der Waals surface area (Å²) in [6.45, 7) is 4.12. The molecule has 0 unspecified atom stereocenters. The van der Waals surface area contributed by atoms with Gasteiger partial charge >= 0.3 is 12.4 Å². The highest BCUT2D eigenvalue weighted by Crippen LogP contribution is 2.37. The van der Waals surface area contributed by atoms with Gasteiger partial charge in [-0.25, -0.2) is 0 Å². The van der Waals surface area contributed by atoms with Gasteiger partial charge in [0.15, 0.2) is 23.7 Å². The summed E-state index contributed by atoms with van der Waals surface area (Å²) in [6.07, 6.45) is -6.76. The number of anilines is 2. The van der Waals surface area contributed by atoms with Crippen LogP contribution in [0.15, 0.2) is 48.5 Å². The SMILES string of the molecule is CCCCN(c1cccc(C(F)(F)F)c1)C1C(=O)C(N(CCCC)c2cccc(C(F)(F)F)c2)C1=O. The zero-order valence-electron chi connectivity index (χ0n) is 20.0. The summed E-state index contributed by atoms with van der Waals surface area (Å²) in [5.74, 6) is -1.08. The fourth-order valence-electron chi connectivity index (χ4n) is 4.29. The van der Waals surface area contributed by atoms with Crippen molar-refractivity contribution in [1.29, 1.82) is 0 Å². The van der Waals surface area contributed by atoms with Gasteiger partial charge in [0.1, 0.15) is 0 Å². The van der Waals surface area contributed by atoms with Crippen LogP contribution in [0.2, 0.25) is 0 Å². The van der Waals surface area contributed by atoms with Crippen molar-refractivity contribution >= 4 is 22.9 Å². The largest absolute Gasteiger partial charge is 0.416 e. The molecule has 0 heterocycles. The first kappa shape index (κ1) is 27.5. The molecule has 0 saturated heterocycles. The second kappa shape index (κ2) is 10.9. The number of carbonyl (C=O) groups excluding carboxylic acids is 2. The average molecular weight is 515 g/mol. The maximum Gasteiger partial charge on any atom is 0.416 e. The number of halogens is 6. The molecule has 0 spiro atoms. The van der Waals surface area contributed by atoms with E-state index in [1.54, 1.807) is 0 Å². The van der Waals surface area contributed by atoms with E-state index in [0.29, 0.717) is 25.7 Å². The number of benzene rings is 2. The van der Waals surface area contributed by atoms with Crippen LogP contribution in [0, 0.1) is 0 Å². The predicted molar refractivity (Wildman–Crippen MR) is 125 cm³/mol. The highest BCUT2D eigenvalue weighted by Gasteiger charge is 2.55. The lowest BCUT2D eigenvalue weighted by Gasteiger charge is -2.46. The Morgan fingerprint density at radius 3 is 1.33 bits per heavy atom. The zero-order chi connectivity index (χ0) is 26.7. The molecule has 4 nitrogen and oxygen atoms in total. The van der Waals surface area contributed by atoms with E-state index in [-0.39, 0.29) is 24.5 Å². The van der Waals surface area contributed by atoms with Gasteiger partial charge < -0.3 is 9.80 Å². The summed E-state index contributed by atoms with van der Waals surface area (Å²) >= 11 is 0. The summed E-state index contributed by atoms with van der Waals surface area (Å²) in [6, 6.07) is 6.33. The lowest BCUT2D eigenvalue weighted by atomic mass is 9.80. The lowest BCUT2D eigenvalue weighted by Crippen LogP contribution is -2.71. The third kappa shape index (κ3) is 5.84. The summed E-state index contributed by atoms with van der Waals surface area (Å²) in [5, 5.41) is 0. The van der Waals surface area contributed by atoms with Crippen LogP contribution in [0.25, 0.3) is 0 Å².